The molecule has 4 aromatic rings. The van der Waals surface area contributed by atoms with Crippen LogP contribution in [0.5, 0.6) is 0 Å². The maximum Gasteiger partial charge on any atom is 0.407 e. The van der Waals surface area contributed by atoms with Crippen molar-refractivity contribution in [3.05, 3.63) is 82.6 Å². The molecule has 2 bridgehead atoms. The van der Waals surface area contributed by atoms with Crippen molar-refractivity contribution in [2.24, 2.45) is 11.3 Å². The van der Waals surface area contributed by atoms with E-state index in [9.17, 15) is 19.2 Å². The van der Waals surface area contributed by atoms with E-state index in [0.717, 1.165) is 77.6 Å². The summed E-state index contributed by atoms with van der Waals surface area (Å²) in [4.78, 5) is 70.0. The van der Waals surface area contributed by atoms with Gasteiger partial charge < -0.3 is 39.9 Å². The number of carbonyl (C=O) groups is 4. The van der Waals surface area contributed by atoms with Gasteiger partial charge in [0.25, 0.3) is 0 Å². The number of likely N-dealkylation sites (tertiary alicyclic amines) is 1. The minimum Gasteiger partial charge on any atom is -0.453 e. The zero-order valence-corrected chi connectivity index (χ0v) is 32.8. The molecule has 5 atom stereocenters. The largest absolute Gasteiger partial charge is 0.453 e. The number of carbonyl (C=O) groups excluding carboxylic acids is 4. The SMILES string of the molecule is COC(=O)NCC(=O)N(Cc1ncc(C2C=c3ccc(-c4ccc(-c5cnc(C6[C@H]7CC[C@H](C7)N6C(=O)[C@H](C)NC(=O)OC)[nH]5)cc4)cc3=CC2)[nH]1)CC1(C)CC1. The number of hydrogen-bond acceptors (Lipinski definition) is 8. The number of nitrogens with zero attached hydrogens (tertiary/aromatic N) is 4. The first kappa shape index (κ1) is 38.0. The summed E-state index contributed by atoms with van der Waals surface area (Å²) in [7, 11) is 2.57. The van der Waals surface area contributed by atoms with Crippen LogP contribution in [0.2, 0.25) is 0 Å². The zero-order valence-electron chi connectivity index (χ0n) is 32.8. The molecule has 57 heavy (non-hydrogen) atoms. The Labute approximate surface area is 331 Å². The second-order valence-corrected chi connectivity index (χ2v) is 16.3. The average Bonchev–Trinajstić information content (AvgIpc) is 3.78. The molecule has 8 rings (SSSR count). The van der Waals surface area contributed by atoms with E-state index in [-0.39, 0.29) is 41.8 Å². The van der Waals surface area contributed by atoms with Gasteiger partial charge in [-0.15, -0.1) is 0 Å². The van der Waals surface area contributed by atoms with Crippen molar-refractivity contribution < 1.29 is 28.7 Å². The molecule has 2 aromatic heterocycles. The number of amides is 4. The molecule has 3 fully saturated rings. The first-order valence-corrected chi connectivity index (χ1v) is 19.8. The van der Waals surface area contributed by atoms with Crippen molar-refractivity contribution in [3.8, 4) is 22.4 Å². The van der Waals surface area contributed by atoms with Crippen molar-refractivity contribution in [1.29, 1.82) is 0 Å². The number of nitrogens with one attached hydrogen (secondary N) is 4. The van der Waals surface area contributed by atoms with Crippen LogP contribution in [0.15, 0.2) is 54.9 Å². The Morgan fingerprint density at radius 2 is 1.70 bits per heavy atom. The van der Waals surface area contributed by atoms with Gasteiger partial charge in [-0.2, -0.15) is 0 Å². The van der Waals surface area contributed by atoms with Gasteiger partial charge in [0.2, 0.25) is 11.8 Å². The number of fused-ring (bicyclic) bond motifs is 3. The van der Waals surface area contributed by atoms with Crippen LogP contribution in [0.25, 0.3) is 34.5 Å². The third-order valence-electron chi connectivity index (χ3n) is 12.2. The van der Waals surface area contributed by atoms with E-state index in [1.165, 1.54) is 19.4 Å². The second kappa shape index (κ2) is 15.5. The van der Waals surface area contributed by atoms with Gasteiger partial charge in [-0.05, 0) is 90.0 Å². The Bertz CT molecular complexity index is 2300. The Balaban J connectivity index is 0.927. The van der Waals surface area contributed by atoms with Crippen molar-refractivity contribution in [2.45, 2.75) is 83.0 Å². The highest BCUT2D eigenvalue weighted by atomic mass is 16.5. The molecular formula is C43H50N8O6. The van der Waals surface area contributed by atoms with E-state index < -0.39 is 18.2 Å². The number of aromatic amines is 2. The summed E-state index contributed by atoms with van der Waals surface area (Å²) in [6.07, 6.45) is 12.9. The number of aromatic nitrogens is 4. The fourth-order valence-corrected chi connectivity index (χ4v) is 8.72. The standard InChI is InChI=1S/C43H50N8O6/c1-25(47-42(55)57-4)40(53)51-33-14-13-32(19-33)38(51)39-45-21-34(49-39)27-7-5-26(6-8-27)28-9-10-30-18-31(12-11-29(30)17-28)35-20-44-36(48-35)23-50(24-43(2)15-16-43)37(52)22-46-41(54)56-3/h5-11,17-18,20-21,25,31-33,38H,12-16,19,22-24H2,1-4H3,(H,44,48)(H,45,49)(H,46,54)(H,47,55)/t25-,31?,32-,33+,38?/m0/s1. The zero-order chi connectivity index (χ0) is 39.8. The fraction of sp³-hybridized carbons (Fsp3) is 0.442. The smallest absolute Gasteiger partial charge is 0.407 e. The monoisotopic (exact) mass is 774 g/mol. The molecule has 1 saturated heterocycles. The number of ether oxygens (including phenoxy) is 2. The van der Waals surface area contributed by atoms with Gasteiger partial charge in [-0.25, -0.2) is 19.6 Å². The average molecular weight is 775 g/mol. The predicted molar refractivity (Wildman–Crippen MR) is 212 cm³/mol. The maximum atomic E-state index is 13.5. The highest BCUT2D eigenvalue weighted by Crippen LogP contribution is 2.50. The lowest BCUT2D eigenvalue weighted by molar-refractivity contribution is -0.137. The van der Waals surface area contributed by atoms with Crippen LogP contribution in [-0.2, 0) is 25.6 Å². The number of alkyl carbamates (subject to hydrolysis) is 2. The normalized spacial score (nSPS) is 21.7. The number of piperidine rings is 1. The van der Waals surface area contributed by atoms with E-state index in [1.54, 1.807) is 11.8 Å². The molecule has 14 heteroatoms. The minimum atomic E-state index is -0.696. The van der Waals surface area contributed by atoms with Crippen LogP contribution in [0.4, 0.5) is 9.59 Å². The number of hydrogen-bond donors (Lipinski definition) is 4. The van der Waals surface area contributed by atoms with Crippen molar-refractivity contribution in [2.75, 3.05) is 27.3 Å². The molecule has 2 unspecified atom stereocenters. The van der Waals surface area contributed by atoms with E-state index in [4.69, 9.17) is 9.72 Å². The first-order valence-electron chi connectivity index (χ1n) is 19.8. The van der Waals surface area contributed by atoms with E-state index >= 15 is 0 Å². The molecule has 3 aliphatic carbocycles. The molecule has 4 amide bonds. The summed E-state index contributed by atoms with van der Waals surface area (Å²) in [5, 5.41) is 7.46. The molecule has 1 aliphatic heterocycles. The number of rotatable bonds is 12. The Kier molecular flexibility index (Phi) is 10.4. The van der Waals surface area contributed by atoms with Crippen molar-refractivity contribution in [3.63, 3.8) is 0 Å². The lowest BCUT2D eigenvalue weighted by Crippen LogP contribution is -2.50. The molecule has 2 saturated carbocycles. The van der Waals surface area contributed by atoms with Crippen molar-refractivity contribution in [1.82, 2.24) is 40.4 Å². The highest BCUT2D eigenvalue weighted by molar-refractivity contribution is 5.86. The first-order chi connectivity index (χ1) is 27.5. The summed E-state index contributed by atoms with van der Waals surface area (Å²) in [5.41, 5.74) is 5.22. The minimum absolute atomic E-state index is 0.102. The summed E-state index contributed by atoms with van der Waals surface area (Å²) in [6.45, 7) is 4.69. The van der Waals surface area contributed by atoms with Gasteiger partial charge >= 0.3 is 12.2 Å². The Hall–Kier alpha value is -5.92. The predicted octanol–water partition coefficient (Wildman–Crippen LogP) is 4.50. The van der Waals surface area contributed by atoms with Crippen LogP contribution in [0, 0.1) is 11.3 Å². The molecule has 0 radical (unpaired) electrons. The molecular weight excluding hydrogens is 725 g/mol. The van der Waals surface area contributed by atoms with Gasteiger partial charge in [0.1, 0.15) is 24.2 Å². The number of H-pyrrole nitrogens is 2. The summed E-state index contributed by atoms with van der Waals surface area (Å²) in [6, 6.07) is 14.2. The molecule has 4 N–H and O–H groups in total. The van der Waals surface area contributed by atoms with Gasteiger partial charge in [-0.1, -0.05) is 55.5 Å². The van der Waals surface area contributed by atoms with Gasteiger partial charge in [0.15, 0.2) is 0 Å². The van der Waals surface area contributed by atoms with Gasteiger partial charge in [0.05, 0.1) is 38.7 Å². The third kappa shape index (κ3) is 8.03. The van der Waals surface area contributed by atoms with Gasteiger partial charge in [0, 0.05) is 30.4 Å². The van der Waals surface area contributed by atoms with E-state index in [2.05, 4.69) is 91.9 Å². The molecule has 298 valence electrons. The van der Waals surface area contributed by atoms with E-state index in [1.807, 2.05) is 17.3 Å². The summed E-state index contributed by atoms with van der Waals surface area (Å²) in [5.74, 6) is 1.65. The van der Waals surface area contributed by atoms with Gasteiger partial charge in [-0.3, -0.25) is 9.59 Å². The molecule has 2 aromatic carbocycles. The Morgan fingerprint density at radius 1 is 0.947 bits per heavy atom. The third-order valence-corrected chi connectivity index (χ3v) is 12.2. The highest BCUT2D eigenvalue weighted by Gasteiger charge is 2.50. The molecule has 14 nitrogen and oxygen atoms in total. The number of methoxy groups -OCH3 is 2. The van der Waals surface area contributed by atoms with Crippen LogP contribution in [-0.4, -0.2) is 93.1 Å². The fourth-order valence-electron chi connectivity index (χ4n) is 8.72. The topological polar surface area (TPSA) is 175 Å². The Morgan fingerprint density at radius 3 is 2.46 bits per heavy atom. The van der Waals surface area contributed by atoms with Crippen LogP contribution in [0.1, 0.15) is 81.7 Å². The maximum absolute atomic E-state index is 13.5. The quantitative estimate of drug-likeness (QED) is 0.163. The lowest BCUT2D eigenvalue weighted by atomic mass is 9.93. The van der Waals surface area contributed by atoms with Crippen LogP contribution >= 0.6 is 0 Å². The molecule has 3 heterocycles. The number of benzene rings is 2. The number of imidazole rings is 2. The summed E-state index contributed by atoms with van der Waals surface area (Å²) < 4.78 is 9.34. The van der Waals surface area contributed by atoms with Crippen LogP contribution < -0.4 is 21.1 Å². The second-order valence-electron chi connectivity index (χ2n) is 16.3. The molecule has 0 spiro atoms. The molecule has 4 aliphatic rings. The van der Waals surface area contributed by atoms with Crippen LogP contribution in [0.3, 0.4) is 0 Å². The van der Waals surface area contributed by atoms with Crippen molar-refractivity contribution >= 4 is 36.2 Å². The lowest BCUT2D eigenvalue weighted by Gasteiger charge is -2.36. The van der Waals surface area contributed by atoms with E-state index in [0.29, 0.717) is 24.8 Å². The summed E-state index contributed by atoms with van der Waals surface area (Å²) >= 11 is 0.